The van der Waals surface area contributed by atoms with E-state index in [1.807, 2.05) is 31.2 Å². The van der Waals surface area contributed by atoms with E-state index in [9.17, 15) is 0 Å². The Morgan fingerprint density at radius 1 is 1.18 bits per heavy atom. The van der Waals surface area contributed by atoms with Gasteiger partial charge in [0.15, 0.2) is 0 Å². The molecule has 0 unspecified atom stereocenters. The van der Waals surface area contributed by atoms with E-state index in [1.54, 1.807) is 6.92 Å². The van der Waals surface area contributed by atoms with Gasteiger partial charge in [0.05, 0.1) is 4.47 Å². The van der Waals surface area contributed by atoms with E-state index in [-0.39, 0.29) is 0 Å². The van der Waals surface area contributed by atoms with Gasteiger partial charge in [-0.1, -0.05) is 23.7 Å². The summed E-state index contributed by atoms with van der Waals surface area (Å²) in [6, 6.07) is 7.57. The molecule has 0 aliphatic carbocycles. The Hall–Kier alpha value is -1.13. The second kappa shape index (κ2) is 5.02. The van der Waals surface area contributed by atoms with Crippen molar-refractivity contribution in [2.45, 2.75) is 13.8 Å². The van der Waals surface area contributed by atoms with Crippen molar-refractivity contribution in [1.29, 1.82) is 0 Å². The number of para-hydroxylation sites is 1. The van der Waals surface area contributed by atoms with Crippen LogP contribution in [0.25, 0.3) is 0 Å². The summed E-state index contributed by atoms with van der Waals surface area (Å²) in [5.74, 6) is 1.77. The normalized spacial score (nSPS) is 10.4. The summed E-state index contributed by atoms with van der Waals surface area (Å²) < 4.78 is 6.59. The molecule has 0 fully saturated rings. The first-order valence-electron chi connectivity index (χ1n) is 5.01. The molecule has 0 amide bonds. The third-order valence-corrected chi connectivity index (χ3v) is 3.22. The number of aryl methyl sites for hydroxylation is 1. The molecule has 2 rings (SSSR count). The highest BCUT2D eigenvalue weighted by atomic mass is 79.9. The fraction of sp³-hybridized carbons (Fsp3) is 0.167. The molecule has 0 radical (unpaired) electrons. The minimum absolute atomic E-state index is 0.416. The molecule has 0 bridgehead atoms. The van der Waals surface area contributed by atoms with Crippen molar-refractivity contribution < 1.29 is 4.74 Å². The molecule has 0 spiro atoms. The van der Waals surface area contributed by atoms with Crippen molar-refractivity contribution in [3.63, 3.8) is 0 Å². The molecular formula is C12H10BrClN2O. The van der Waals surface area contributed by atoms with E-state index >= 15 is 0 Å². The van der Waals surface area contributed by atoms with Crippen molar-refractivity contribution in [2.24, 2.45) is 0 Å². The van der Waals surface area contributed by atoms with Gasteiger partial charge in [0.1, 0.15) is 16.7 Å². The summed E-state index contributed by atoms with van der Waals surface area (Å²) in [6.07, 6.45) is 0. The van der Waals surface area contributed by atoms with E-state index < -0.39 is 0 Å². The Bertz CT molecular complexity index is 560. The van der Waals surface area contributed by atoms with Crippen LogP contribution in [0.3, 0.4) is 0 Å². The molecule has 17 heavy (non-hydrogen) atoms. The highest BCUT2D eigenvalue weighted by molar-refractivity contribution is 9.10. The van der Waals surface area contributed by atoms with Gasteiger partial charge in [0, 0.05) is 5.56 Å². The standard InChI is InChI=1S/C12H10BrClN2O/c1-7-11(14)15-8(2)16-12(7)17-10-6-4-3-5-9(10)13/h3-6H,1-2H3. The first-order chi connectivity index (χ1) is 8.08. The number of rotatable bonds is 2. The van der Waals surface area contributed by atoms with Crippen LogP contribution in [0.5, 0.6) is 11.6 Å². The topological polar surface area (TPSA) is 35.0 Å². The van der Waals surface area contributed by atoms with Crippen molar-refractivity contribution in [3.8, 4) is 11.6 Å². The molecule has 3 nitrogen and oxygen atoms in total. The van der Waals surface area contributed by atoms with Crippen LogP contribution in [0.2, 0.25) is 5.15 Å². The summed E-state index contributed by atoms with van der Waals surface area (Å²) in [4.78, 5) is 8.29. The quantitative estimate of drug-likeness (QED) is 0.775. The summed E-state index contributed by atoms with van der Waals surface area (Å²) in [5, 5.41) is 0.416. The van der Waals surface area contributed by atoms with Crippen LogP contribution in [-0.2, 0) is 0 Å². The van der Waals surface area contributed by atoms with Gasteiger partial charge in [-0.05, 0) is 41.9 Å². The molecule has 1 heterocycles. The van der Waals surface area contributed by atoms with Crippen LogP contribution in [0.1, 0.15) is 11.4 Å². The Morgan fingerprint density at radius 2 is 1.88 bits per heavy atom. The lowest BCUT2D eigenvalue weighted by atomic mass is 10.3. The van der Waals surface area contributed by atoms with Crippen molar-refractivity contribution in [1.82, 2.24) is 9.97 Å². The molecule has 1 aromatic carbocycles. The van der Waals surface area contributed by atoms with E-state index in [4.69, 9.17) is 16.3 Å². The predicted molar refractivity (Wildman–Crippen MR) is 70.7 cm³/mol. The molecule has 1 aromatic heterocycles. The molecular weight excluding hydrogens is 304 g/mol. The van der Waals surface area contributed by atoms with Gasteiger partial charge in [-0.3, -0.25) is 0 Å². The van der Waals surface area contributed by atoms with E-state index in [1.165, 1.54) is 0 Å². The third-order valence-electron chi connectivity index (χ3n) is 2.20. The van der Waals surface area contributed by atoms with E-state index in [0.717, 1.165) is 10.0 Å². The number of halogens is 2. The van der Waals surface area contributed by atoms with Crippen LogP contribution in [0.4, 0.5) is 0 Å². The lowest BCUT2D eigenvalue weighted by Crippen LogP contribution is -1.97. The van der Waals surface area contributed by atoms with Crippen LogP contribution in [0.15, 0.2) is 28.7 Å². The molecule has 0 saturated carbocycles. The Kier molecular flexibility index (Phi) is 3.64. The Labute approximate surface area is 113 Å². The molecule has 2 aromatic rings. The zero-order valence-electron chi connectivity index (χ0n) is 9.37. The van der Waals surface area contributed by atoms with Gasteiger partial charge in [-0.15, -0.1) is 0 Å². The van der Waals surface area contributed by atoms with Gasteiger partial charge in [-0.2, -0.15) is 4.98 Å². The monoisotopic (exact) mass is 312 g/mol. The Morgan fingerprint density at radius 3 is 2.59 bits per heavy atom. The number of hydrogen-bond acceptors (Lipinski definition) is 3. The van der Waals surface area contributed by atoms with Gasteiger partial charge in [0.2, 0.25) is 5.88 Å². The number of benzene rings is 1. The zero-order valence-corrected chi connectivity index (χ0v) is 11.7. The van der Waals surface area contributed by atoms with Gasteiger partial charge < -0.3 is 4.74 Å². The average molecular weight is 314 g/mol. The van der Waals surface area contributed by atoms with Crippen LogP contribution in [0, 0.1) is 13.8 Å². The maximum Gasteiger partial charge on any atom is 0.227 e. The van der Waals surface area contributed by atoms with Crippen molar-refractivity contribution >= 4 is 27.5 Å². The van der Waals surface area contributed by atoms with Crippen molar-refractivity contribution in [2.75, 3.05) is 0 Å². The molecule has 0 aliphatic rings. The fourth-order valence-electron chi connectivity index (χ4n) is 1.30. The third kappa shape index (κ3) is 2.76. The van der Waals surface area contributed by atoms with E-state index in [0.29, 0.717) is 22.6 Å². The lowest BCUT2D eigenvalue weighted by Gasteiger charge is -2.10. The zero-order chi connectivity index (χ0) is 12.4. The molecule has 0 atom stereocenters. The summed E-state index contributed by atoms with van der Waals surface area (Å²) in [7, 11) is 0. The average Bonchev–Trinajstić information content (AvgIpc) is 2.28. The molecule has 0 aliphatic heterocycles. The highest BCUT2D eigenvalue weighted by Crippen LogP contribution is 2.31. The minimum Gasteiger partial charge on any atom is -0.437 e. The first-order valence-corrected chi connectivity index (χ1v) is 6.18. The molecule has 5 heteroatoms. The maximum absolute atomic E-state index is 5.98. The Balaban J connectivity index is 2.40. The first kappa shape index (κ1) is 12.3. The molecule has 88 valence electrons. The number of ether oxygens (including phenoxy) is 1. The van der Waals surface area contributed by atoms with Gasteiger partial charge in [0.25, 0.3) is 0 Å². The minimum atomic E-state index is 0.416. The predicted octanol–water partition coefficient (Wildman–Crippen LogP) is 4.30. The summed E-state index contributed by atoms with van der Waals surface area (Å²) >= 11 is 9.40. The molecule has 0 saturated heterocycles. The lowest BCUT2D eigenvalue weighted by molar-refractivity contribution is 0.453. The summed E-state index contributed by atoms with van der Waals surface area (Å²) in [6.45, 7) is 3.60. The maximum atomic E-state index is 5.98. The van der Waals surface area contributed by atoms with E-state index in [2.05, 4.69) is 25.9 Å². The molecule has 0 N–H and O–H groups in total. The van der Waals surface area contributed by atoms with Crippen LogP contribution >= 0.6 is 27.5 Å². The smallest absolute Gasteiger partial charge is 0.227 e. The van der Waals surface area contributed by atoms with Crippen molar-refractivity contribution in [3.05, 3.63) is 45.3 Å². The van der Waals surface area contributed by atoms with Crippen LogP contribution in [-0.4, -0.2) is 9.97 Å². The second-order valence-corrected chi connectivity index (χ2v) is 4.74. The largest absolute Gasteiger partial charge is 0.437 e. The number of nitrogens with zero attached hydrogens (tertiary/aromatic N) is 2. The van der Waals surface area contributed by atoms with Gasteiger partial charge >= 0.3 is 0 Å². The SMILES string of the molecule is Cc1nc(Cl)c(C)c(Oc2ccccc2Br)n1. The number of aromatic nitrogens is 2. The highest BCUT2D eigenvalue weighted by Gasteiger charge is 2.10. The van der Waals surface area contributed by atoms with Gasteiger partial charge in [-0.25, -0.2) is 4.98 Å². The number of hydrogen-bond donors (Lipinski definition) is 0. The fourth-order valence-corrected chi connectivity index (χ4v) is 1.87. The second-order valence-electron chi connectivity index (χ2n) is 3.52. The summed E-state index contributed by atoms with van der Waals surface area (Å²) in [5.41, 5.74) is 0.730. The van der Waals surface area contributed by atoms with Crippen LogP contribution < -0.4 is 4.74 Å².